The van der Waals surface area contributed by atoms with Crippen LogP contribution in [0, 0.1) is 13.8 Å². The molecular formula is C15H16ClN3O3. The van der Waals surface area contributed by atoms with Crippen LogP contribution in [0.4, 0.5) is 0 Å². The lowest BCUT2D eigenvalue weighted by atomic mass is 10.1. The molecular weight excluding hydrogens is 306 g/mol. The molecule has 2 aromatic heterocycles. The summed E-state index contributed by atoms with van der Waals surface area (Å²) in [6.45, 7) is 4.06. The van der Waals surface area contributed by atoms with E-state index in [1.165, 1.54) is 19.4 Å². The summed E-state index contributed by atoms with van der Waals surface area (Å²) in [5, 5.41) is 2.73. The van der Waals surface area contributed by atoms with E-state index >= 15 is 0 Å². The fraction of sp³-hybridized carbons (Fsp3) is 0.267. The molecule has 0 atom stereocenters. The van der Waals surface area contributed by atoms with Crippen molar-refractivity contribution in [1.82, 2.24) is 15.3 Å². The number of H-pyrrole nitrogens is 1. The number of ether oxygens (including phenoxy) is 1. The first kappa shape index (κ1) is 16.0. The Hall–Kier alpha value is -2.34. The maximum absolute atomic E-state index is 12.1. The van der Waals surface area contributed by atoms with Crippen molar-refractivity contribution in [2.45, 2.75) is 20.4 Å². The average Bonchev–Trinajstić information content (AvgIpc) is 2.48. The first-order valence-electron chi connectivity index (χ1n) is 6.60. The Morgan fingerprint density at radius 3 is 2.77 bits per heavy atom. The van der Waals surface area contributed by atoms with Gasteiger partial charge in [0.1, 0.15) is 5.02 Å². The predicted molar refractivity (Wildman–Crippen MR) is 83.5 cm³/mol. The molecule has 22 heavy (non-hydrogen) atoms. The lowest BCUT2D eigenvalue weighted by molar-refractivity contribution is 0.0950. The number of aromatic amines is 1. The van der Waals surface area contributed by atoms with E-state index in [1.54, 1.807) is 0 Å². The number of amides is 1. The van der Waals surface area contributed by atoms with Crippen molar-refractivity contribution in [1.29, 1.82) is 0 Å². The van der Waals surface area contributed by atoms with Crippen LogP contribution in [-0.2, 0) is 6.54 Å². The van der Waals surface area contributed by atoms with Gasteiger partial charge in [-0.1, -0.05) is 11.6 Å². The molecule has 2 heterocycles. The number of nitrogens with zero attached hydrogens (tertiary/aromatic N) is 1. The zero-order chi connectivity index (χ0) is 16.3. The number of hydrogen-bond donors (Lipinski definition) is 2. The minimum Gasteiger partial charge on any atom is -0.481 e. The van der Waals surface area contributed by atoms with Gasteiger partial charge in [0, 0.05) is 24.0 Å². The van der Waals surface area contributed by atoms with Crippen molar-refractivity contribution in [3.63, 3.8) is 0 Å². The predicted octanol–water partition coefficient (Wildman–Crippen LogP) is 1.98. The van der Waals surface area contributed by atoms with Gasteiger partial charge in [-0.25, -0.2) is 4.98 Å². The molecule has 0 aromatic carbocycles. The van der Waals surface area contributed by atoms with E-state index in [9.17, 15) is 9.59 Å². The Kier molecular flexibility index (Phi) is 4.82. The van der Waals surface area contributed by atoms with Crippen LogP contribution in [0.3, 0.4) is 0 Å². The zero-order valence-corrected chi connectivity index (χ0v) is 13.2. The summed E-state index contributed by atoms with van der Waals surface area (Å²) in [6, 6.07) is 3.24. The van der Waals surface area contributed by atoms with Gasteiger partial charge >= 0.3 is 0 Å². The van der Waals surface area contributed by atoms with E-state index in [0.29, 0.717) is 5.88 Å². The number of aryl methyl sites for hydroxylation is 2. The molecule has 0 saturated carbocycles. The number of carbonyl (C=O) groups excluding carboxylic acids is 1. The quantitative estimate of drug-likeness (QED) is 0.902. The van der Waals surface area contributed by atoms with E-state index in [4.69, 9.17) is 16.3 Å². The van der Waals surface area contributed by atoms with Crippen LogP contribution in [0.5, 0.6) is 5.88 Å². The summed E-state index contributed by atoms with van der Waals surface area (Å²) in [4.78, 5) is 30.0. The molecule has 0 unspecified atom stereocenters. The Bertz CT molecular complexity index is 771. The number of hydrogen-bond acceptors (Lipinski definition) is 4. The van der Waals surface area contributed by atoms with Crippen LogP contribution in [0.25, 0.3) is 0 Å². The first-order valence-corrected chi connectivity index (χ1v) is 6.97. The monoisotopic (exact) mass is 321 g/mol. The van der Waals surface area contributed by atoms with Gasteiger partial charge in [-0.05, 0) is 31.5 Å². The highest BCUT2D eigenvalue weighted by molar-refractivity contribution is 6.30. The lowest BCUT2D eigenvalue weighted by Crippen LogP contribution is -2.25. The van der Waals surface area contributed by atoms with Gasteiger partial charge in [-0.2, -0.15) is 0 Å². The van der Waals surface area contributed by atoms with E-state index in [2.05, 4.69) is 15.3 Å². The summed E-state index contributed by atoms with van der Waals surface area (Å²) in [5.74, 6) is 0.137. The smallest absolute Gasteiger partial charge is 0.266 e. The van der Waals surface area contributed by atoms with Crippen LogP contribution in [-0.4, -0.2) is 23.0 Å². The van der Waals surface area contributed by atoms with Crippen LogP contribution in [0.15, 0.2) is 23.1 Å². The van der Waals surface area contributed by atoms with Gasteiger partial charge in [0.2, 0.25) is 5.88 Å². The molecule has 2 N–H and O–H groups in total. The molecule has 0 saturated heterocycles. The maximum atomic E-state index is 12.1. The molecule has 0 aliphatic heterocycles. The molecule has 116 valence electrons. The molecule has 7 heteroatoms. The topological polar surface area (TPSA) is 84.1 Å². The van der Waals surface area contributed by atoms with Crippen molar-refractivity contribution < 1.29 is 9.53 Å². The highest BCUT2D eigenvalue weighted by Crippen LogP contribution is 2.20. The lowest BCUT2D eigenvalue weighted by Gasteiger charge is -2.12. The molecule has 0 aliphatic rings. The van der Waals surface area contributed by atoms with E-state index in [0.717, 1.165) is 16.8 Å². The second kappa shape index (κ2) is 6.62. The highest BCUT2D eigenvalue weighted by atomic mass is 35.5. The number of halogens is 1. The van der Waals surface area contributed by atoms with Gasteiger partial charge in [0.15, 0.2) is 0 Å². The Balaban J connectivity index is 2.17. The highest BCUT2D eigenvalue weighted by Gasteiger charge is 2.12. The molecule has 0 bridgehead atoms. The number of methoxy groups -OCH3 is 1. The maximum Gasteiger partial charge on any atom is 0.266 e. The summed E-state index contributed by atoms with van der Waals surface area (Å²) >= 11 is 5.71. The summed E-state index contributed by atoms with van der Waals surface area (Å²) in [5.41, 5.74) is 2.47. The largest absolute Gasteiger partial charge is 0.481 e. The summed E-state index contributed by atoms with van der Waals surface area (Å²) in [6.07, 6.45) is 1.32. The normalized spacial score (nSPS) is 10.4. The standard InChI is InChI=1S/C15H16ClN3O3/c1-8-4-9(2)19-15(22-3)11(8)7-18-13(20)10-5-12(16)14(21)17-6-10/h4-6H,7H2,1-3H3,(H,17,21)(H,18,20). The molecule has 1 amide bonds. The first-order chi connectivity index (χ1) is 10.4. The fourth-order valence-electron chi connectivity index (χ4n) is 2.07. The summed E-state index contributed by atoms with van der Waals surface area (Å²) < 4.78 is 5.25. The molecule has 2 rings (SSSR count). The molecule has 2 aromatic rings. The average molecular weight is 322 g/mol. The zero-order valence-electron chi connectivity index (χ0n) is 12.5. The molecule has 0 fully saturated rings. The number of rotatable bonds is 4. The van der Waals surface area contributed by atoms with Gasteiger partial charge in [-0.3, -0.25) is 9.59 Å². The van der Waals surface area contributed by atoms with Crippen molar-refractivity contribution in [2.24, 2.45) is 0 Å². The van der Waals surface area contributed by atoms with E-state index in [1.807, 2.05) is 19.9 Å². The molecule has 0 radical (unpaired) electrons. The van der Waals surface area contributed by atoms with Gasteiger partial charge < -0.3 is 15.0 Å². The van der Waals surface area contributed by atoms with Gasteiger partial charge in [0.05, 0.1) is 12.7 Å². The van der Waals surface area contributed by atoms with Crippen LogP contribution >= 0.6 is 11.6 Å². The summed E-state index contributed by atoms with van der Waals surface area (Å²) in [7, 11) is 1.54. The van der Waals surface area contributed by atoms with Crippen molar-refractivity contribution >= 4 is 17.5 Å². The Morgan fingerprint density at radius 1 is 1.41 bits per heavy atom. The number of carbonyl (C=O) groups is 1. The van der Waals surface area contributed by atoms with Crippen LogP contribution in [0.2, 0.25) is 5.02 Å². The minimum absolute atomic E-state index is 0.0292. The minimum atomic E-state index is -0.432. The van der Waals surface area contributed by atoms with Crippen molar-refractivity contribution in [3.8, 4) is 5.88 Å². The van der Waals surface area contributed by atoms with Gasteiger partial charge in [0.25, 0.3) is 11.5 Å². The Morgan fingerprint density at radius 2 is 2.14 bits per heavy atom. The van der Waals surface area contributed by atoms with Crippen molar-refractivity contribution in [2.75, 3.05) is 7.11 Å². The number of aromatic nitrogens is 2. The van der Waals surface area contributed by atoms with E-state index < -0.39 is 5.56 Å². The number of pyridine rings is 2. The molecule has 6 nitrogen and oxygen atoms in total. The third kappa shape index (κ3) is 3.46. The van der Waals surface area contributed by atoms with Gasteiger partial charge in [-0.15, -0.1) is 0 Å². The van der Waals surface area contributed by atoms with Crippen LogP contribution in [0.1, 0.15) is 27.2 Å². The Labute approximate surface area is 132 Å². The van der Waals surface area contributed by atoms with E-state index in [-0.39, 0.29) is 23.0 Å². The van der Waals surface area contributed by atoms with Crippen LogP contribution < -0.4 is 15.6 Å². The third-order valence-electron chi connectivity index (χ3n) is 3.18. The second-order valence-electron chi connectivity index (χ2n) is 4.82. The molecule has 0 aliphatic carbocycles. The van der Waals surface area contributed by atoms with Crippen molar-refractivity contribution in [3.05, 3.63) is 56.1 Å². The fourth-order valence-corrected chi connectivity index (χ4v) is 2.24. The number of nitrogens with one attached hydrogen (secondary N) is 2. The second-order valence-corrected chi connectivity index (χ2v) is 5.22. The third-order valence-corrected chi connectivity index (χ3v) is 3.46. The SMILES string of the molecule is COc1nc(C)cc(C)c1CNC(=O)c1c[nH]c(=O)c(Cl)c1. The molecule has 0 spiro atoms.